The third-order valence-corrected chi connectivity index (χ3v) is 4.35. The fourth-order valence-corrected chi connectivity index (χ4v) is 2.97. The van der Waals surface area contributed by atoms with E-state index < -0.39 is 0 Å². The van der Waals surface area contributed by atoms with E-state index in [0.717, 1.165) is 34.1 Å². The summed E-state index contributed by atoms with van der Waals surface area (Å²) in [6, 6.07) is 17.7. The van der Waals surface area contributed by atoms with Gasteiger partial charge in [0.05, 0.1) is 24.0 Å². The van der Waals surface area contributed by atoms with E-state index >= 15 is 0 Å². The first kappa shape index (κ1) is 19.5. The average Bonchev–Trinajstić information content (AvgIpc) is 2.96. The van der Waals surface area contributed by atoms with Crippen LogP contribution in [0.5, 0.6) is 5.75 Å². The smallest absolute Gasteiger partial charge is 0.193 e. The molecule has 0 saturated carbocycles. The number of aryl methyl sites for hydroxylation is 1. The molecule has 3 aromatic rings. The third kappa shape index (κ3) is 4.71. The van der Waals surface area contributed by atoms with Crippen molar-refractivity contribution in [2.45, 2.75) is 40.3 Å². The summed E-state index contributed by atoms with van der Waals surface area (Å²) in [5, 5.41) is 7.76. The molecule has 28 heavy (non-hydrogen) atoms. The summed E-state index contributed by atoms with van der Waals surface area (Å²) >= 11 is 0. The highest BCUT2D eigenvalue weighted by Gasteiger charge is 2.12. The second-order valence-electron chi connectivity index (χ2n) is 6.91. The van der Waals surface area contributed by atoms with E-state index in [2.05, 4.69) is 22.3 Å². The van der Waals surface area contributed by atoms with Crippen molar-refractivity contribution < 1.29 is 4.74 Å². The molecule has 0 aliphatic carbocycles. The molecule has 2 aromatic carbocycles. The summed E-state index contributed by atoms with van der Waals surface area (Å²) in [5.41, 5.74) is 11.1. The maximum absolute atomic E-state index is 6.07. The molecule has 0 amide bonds. The van der Waals surface area contributed by atoms with Gasteiger partial charge < -0.3 is 15.8 Å². The molecular formula is C22H27N5O. The summed E-state index contributed by atoms with van der Waals surface area (Å²) in [4.78, 5) is 4.49. The molecule has 3 N–H and O–H groups in total. The number of aromatic nitrogens is 2. The molecule has 0 aliphatic rings. The lowest BCUT2D eigenvalue weighted by Crippen LogP contribution is -2.22. The van der Waals surface area contributed by atoms with Gasteiger partial charge in [-0.1, -0.05) is 18.2 Å². The number of nitrogens with one attached hydrogen (secondary N) is 1. The molecule has 0 radical (unpaired) electrons. The van der Waals surface area contributed by atoms with E-state index in [1.54, 1.807) is 0 Å². The molecule has 0 spiro atoms. The highest BCUT2D eigenvalue weighted by atomic mass is 16.5. The van der Waals surface area contributed by atoms with Crippen LogP contribution in [-0.4, -0.2) is 21.8 Å². The van der Waals surface area contributed by atoms with E-state index in [-0.39, 0.29) is 6.10 Å². The van der Waals surface area contributed by atoms with Crippen molar-refractivity contribution in [3.05, 3.63) is 71.5 Å². The van der Waals surface area contributed by atoms with Crippen LogP contribution in [0.25, 0.3) is 5.69 Å². The molecule has 3 rings (SSSR count). The molecule has 1 aromatic heterocycles. The molecule has 146 valence electrons. The quantitative estimate of drug-likeness (QED) is 0.498. The zero-order valence-corrected chi connectivity index (χ0v) is 16.8. The predicted octanol–water partition coefficient (Wildman–Crippen LogP) is 4.20. The van der Waals surface area contributed by atoms with Gasteiger partial charge in [-0.25, -0.2) is 9.67 Å². The monoisotopic (exact) mass is 377 g/mol. The summed E-state index contributed by atoms with van der Waals surface area (Å²) in [5.74, 6) is 1.19. The molecule has 6 heteroatoms. The fourth-order valence-electron chi connectivity index (χ4n) is 2.97. The summed E-state index contributed by atoms with van der Waals surface area (Å²) in [6.45, 7) is 8.52. The van der Waals surface area contributed by atoms with Crippen LogP contribution >= 0.6 is 0 Å². The summed E-state index contributed by atoms with van der Waals surface area (Å²) < 4.78 is 7.59. The Hall–Kier alpha value is -3.28. The maximum Gasteiger partial charge on any atom is 0.193 e. The minimum Gasteiger partial charge on any atom is -0.491 e. The van der Waals surface area contributed by atoms with Gasteiger partial charge in [-0.15, -0.1) is 0 Å². The number of hydrogen-bond acceptors (Lipinski definition) is 3. The van der Waals surface area contributed by atoms with Gasteiger partial charge in [-0.05, 0) is 64.1 Å². The minimum absolute atomic E-state index is 0.147. The third-order valence-electron chi connectivity index (χ3n) is 4.35. The number of rotatable bonds is 6. The zero-order chi connectivity index (χ0) is 20.1. The van der Waals surface area contributed by atoms with Crippen LogP contribution < -0.4 is 15.8 Å². The van der Waals surface area contributed by atoms with Gasteiger partial charge in [-0.2, -0.15) is 5.10 Å². The number of benzene rings is 2. The van der Waals surface area contributed by atoms with Crippen LogP contribution in [0.4, 0.5) is 5.69 Å². The molecular weight excluding hydrogens is 350 g/mol. The van der Waals surface area contributed by atoms with Crippen molar-refractivity contribution in [2.75, 3.05) is 5.32 Å². The fraction of sp³-hybridized carbons (Fsp3) is 0.273. The van der Waals surface area contributed by atoms with Crippen molar-refractivity contribution in [2.24, 2.45) is 10.7 Å². The topological polar surface area (TPSA) is 77.5 Å². The Balaban J connectivity index is 1.69. The van der Waals surface area contributed by atoms with Gasteiger partial charge in [0.15, 0.2) is 5.96 Å². The van der Waals surface area contributed by atoms with Crippen molar-refractivity contribution in [3.8, 4) is 11.4 Å². The van der Waals surface area contributed by atoms with Crippen molar-refractivity contribution in [3.63, 3.8) is 0 Å². The predicted molar refractivity (Wildman–Crippen MR) is 114 cm³/mol. The molecule has 6 nitrogen and oxygen atoms in total. The van der Waals surface area contributed by atoms with Crippen LogP contribution in [0.2, 0.25) is 0 Å². The van der Waals surface area contributed by atoms with Gasteiger partial charge in [-0.3, -0.25) is 0 Å². The first-order valence-corrected chi connectivity index (χ1v) is 9.38. The lowest BCUT2D eigenvalue weighted by molar-refractivity contribution is 0.242. The Morgan fingerprint density at radius 2 is 1.79 bits per heavy atom. The van der Waals surface area contributed by atoms with Crippen molar-refractivity contribution in [1.29, 1.82) is 0 Å². The minimum atomic E-state index is 0.147. The van der Waals surface area contributed by atoms with E-state index in [1.165, 1.54) is 0 Å². The Kier molecular flexibility index (Phi) is 5.99. The number of anilines is 1. The van der Waals surface area contributed by atoms with E-state index in [1.807, 2.05) is 80.1 Å². The lowest BCUT2D eigenvalue weighted by Gasteiger charge is -2.11. The summed E-state index contributed by atoms with van der Waals surface area (Å²) in [7, 11) is 0. The SMILES string of the molecule is Cc1nn(-c2ccccc2)c(C)c1CN=C(N)Nc1ccc(OC(C)C)cc1. The second-order valence-corrected chi connectivity index (χ2v) is 6.91. The molecule has 0 fully saturated rings. The standard InChI is InChI=1S/C22H27N5O/c1-15(2)28-20-12-10-18(11-13-20)25-22(23)24-14-21-16(3)26-27(17(21)4)19-8-6-5-7-9-19/h5-13,15H,14H2,1-4H3,(H3,23,24,25). The highest BCUT2D eigenvalue weighted by Crippen LogP contribution is 2.19. The van der Waals surface area contributed by atoms with E-state index in [4.69, 9.17) is 10.5 Å². The van der Waals surface area contributed by atoms with E-state index in [0.29, 0.717) is 12.5 Å². The maximum atomic E-state index is 6.07. The van der Waals surface area contributed by atoms with Crippen LogP contribution in [0.15, 0.2) is 59.6 Å². The molecule has 0 atom stereocenters. The van der Waals surface area contributed by atoms with Crippen LogP contribution in [-0.2, 0) is 6.54 Å². The molecule has 0 unspecified atom stereocenters. The number of nitrogens with two attached hydrogens (primary N) is 1. The normalized spacial score (nSPS) is 11.7. The summed E-state index contributed by atoms with van der Waals surface area (Å²) in [6.07, 6.45) is 0.147. The van der Waals surface area contributed by atoms with Crippen LogP contribution in [0.3, 0.4) is 0 Å². The Bertz CT molecular complexity index is 943. The van der Waals surface area contributed by atoms with E-state index in [9.17, 15) is 0 Å². The van der Waals surface area contributed by atoms with Crippen molar-refractivity contribution >= 4 is 11.6 Å². The van der Waals surface area contributed by atoms with Gasteiger partial charge in [0.2, 0.25) is 0 Å². The van der Waals surface area contributed by atoms with Gasteiger partial charge in [0.1, 0.15) is 5.75 Å². The lowest BCUT2D eigenvalue weighted by atomic mass is 10.2. The number of para-hydroxylation sites is 1. The second kappa shape index (κ2) is 8.61. The average molecular weight is 377 g/mol. The Morgan fingerprint density at radius 1 is 1.11 bits per heavy atom. The van der Waals surface area contributed by atoms with Crippen LogP contribution in [0.1, 0.15) is 30.8 Å². The number of nitrogens with zero attached hydrogens (tertiary/aromatic N) is 3. The highest BCUT2D eigenvalue weighted by molar-refractivity contribution is 5.92. The zero-order valence-electron chi connectivity index (χ0n) is 16.8. The first-order chi connectivity index (χ1) is 13.4. The number of guanidine groups is 1. The largest absolute Gasteiger partial charge is 0.491 e. The molecule has 0 aliphatic heterocycles. The van der Waals surface area contributed by atoms with Gasteiger partial charge >= 0.3 is 0 Å². The molecule has 0 saturated heterocycles. The Morgan fingerprint density at radius 3 is 2.43 bits per heavy atom. The first-order valence-electron chi connectivity index (χ1n) is 9.38. The van der Waals surface area contributed by atoms with Crippen molar-refractivity contribution in [1.82, 2.24) is 9.78 Å². The number of hydrogen-bond donors (Lipinski definition) is 2. The Labute approximate surface area is 166 Å². The number of aliphatic imine (C=N–C) groups is 1. The van der Waals surface area contributed by atoms with Gasteiger partial charge in [0.25, 0.3) is 0 Å². The molecule has 1 heterocycles. The molecule has 0 bridgehead atoms. The van der Waals surface area contributed by atoms with Crippen LogP contribution in [0, 0.1) is 13.8 Å². The number of ether oxygens (including phenoxy) is 1. The van der Waals surface area contributed by atoms with Gasteiger partial charge in [0, 0.05) is 16.9 Å².